The van der Waals surface area contributed by atoms with Crippen LogP contribution in [0.1, 0.15) is 17.5 Å². The van der Waals surface area contributed by atoms with Crippen molar-refractivity contribution in [1.82, 2.24) is 0 Å². The molecule has 7 nitrogen and oxygen atoms in total. The summed E-state index contributed by atoms with van der Waals surface area (Å²) in [7, 11) is 0. The van der Waals surface area contributed by atoms with Gasteiger partial charge in [-0.1, -0.05) is 28.1 Å². The van der Waals surface area contributed by atoms with Gasteiger partial charge in [0.05, 0.1) is 4.92 Å². The van der Waals surface area contributed by atoms with Gasteiger partial charge in [-0.25, -0.2) is 4.79 Å². The maximum Gasteiger partial charge on any atom is 0.331 e. The van der Waals surface area contributed by atoms with Crippen molar-refractivity contribution >= 4 is 45.3 Å². The van der Waals surface area contributed by atoms with Crippen molar-refractivity contribution in [2.45, 2.75) is 12.8 Å². The monoisotopic (exact) mass is 444 g/mol. The number of esters is 1. The first-order valence-corrected chi connectivity index (χ1v) is 9.41. The molecule has 0 fully saturated rings. The number of nitro benzene ring substituents is 1. The third-order valence-electron chi connectivity index (χ3n) is 4.29. The van der Waals surface area contributed by atoms with Crippen LogP contribution in [-0.4, -0.2) is 30.0 Å². The number of aryl methyl sites for hydroxylation is 1. The van der Waals surface area contributed by atoms with Crippen LogP contribution < -0.4 is 4.90 Å². The molecule has 0 saturated carbocycles. The minimum absolute atomic E-state index is 0.00263. The number of carbonyl (C=O) groups excluding carboxylic acids is 2. The molecular weight excluding hydrogens is 428 g/mol. The molecule has 1 amide bonds. The fraction of sp³-hybridized carbons (Fsp3) is 0.200. The van der Waals surface area contributed by atoms with Gasteiger partial charge in [0.2, 0.25) is 0 Å². The van der Waals surface area contributed by atoms with Gasteiger partial charge in [-0.3, -0.25) is 14.9 Å². The highest BCUT2D eigenvalue weighted by atomic mass is 79.9. The van der Waals surface area contributed by atoms with E-state index in [0.717, 1.165) is 15.6 Å². The van der Waals surface area contributed by atoms with Crippen LogP contribution in [0.25, 0.3) is 6.08 Å². The lowest BCUT2D eigenvalue weighted by Gasteiger charge is -2.29. The Bertz CT molecular complexity index is 957. The Morgan fingerprint density at radius 1 is 1.25 bits per heavy atom. The molecule has 8 heteroatoms. The van der Waals surface area contributed by atoms with E-state index in [2.05, 4.69) is 15.9 Å². The number of rotatable bonds is 5. The lowest BCUT2D eigenvalue weighted by molar-refractivity contribution is -0.384. The Labute approximate surface area is 169 Å². The normalized spacial score (nSPS) is 13.2. The minimum Gasteiger partial charge on any atom is -0.452 e. The first-order chi connectivity index (χ1) is 13.4. The van der Waals surface area contributed by atoms with Crippen molar-refractivity contribution in [3.8, 4) is 0 Å². The van der Waals surface area contributed by atoms with Gasteiger partial charge >= 0.3 is 5.97 Å². The van der Waals surface area contributed by atoms with E-state index in [-0.39, 0.29) is 11.6 Å². The number of hydrogen-bond acceptors (Lipinski definition) is 5. The summed E-state index contributed by atoms with van der Waals surface area (Å²) in [5.74, 6) is -0.978. The highest BCUT2D eigenvalue weighted by molar-refractivity contribution is 9.10. The van der Waals surface area contributed by atoms with Crippen molar-refractivity contribution in [3.05, 3.63) is 74.3 Å². The summed E-state index contributed by atoms with van der Waals surface area (Å²) in [5.41, 5.74) is 2.19. The molecule has 0 aromatic heterocycles. The van der Waals surface area contributed by atoms with E-state index in [1.807, 2.05) is 24.3 Å². The van der Waals surface area contributed by atoms with Gasteiger partial charge < -0.3 is 9.64 Å². The largest absolute Gasteiger partial charge is 0.452 e. The summed E-state index contributed by atoms with van der Waals surface area (Å²) < 4.78 is 5.94. The summed E-state index contributed by atoms with van der Waals surface area (Å²) >= 11 is 3.35. The smallest absolute Gasteiger partial charge is 0.331 e. The zero-order chi connectivity index (χ0) is 20.1. The molecule has 144 valence electrons. The summed E-state index contributed by atoms with van der Waals surface area (Å²) in [6.07, 6.45) is 4.22. The lowest BCUT2D eigenvalue weighted by Crippen LogP contribution is -2.38. The molecule has 0 aliphatic carbocycles. The molecule has 28 heavy (non-hydrogen) atoms. The van der Waals surface area contributed by atoms with Gasteiger partial charge in [0, 0.05) is 34.9 Å². The second-order valence-electron chi connectivity index (χ2n) is 6.22. The van der Waals surface area contributed by atoms with Crippen LogP contribution in [0.5, 0.6) is 0 Å². The predicted octanol–water partition coefficient (Wildman–Crippen LogP) is 3.89. The van der Waals surface area contributed by atoms with Gasteiger partial charge in [-0.05, 0) is 48.2 Å². The third-order valence-corrected chi connectivity index (χ3v) is 4.79. The fourth-order valence-corrected chi connectivity index (χ4v) is 3.41. The van der Waals surface area contributed by atoms with E-state index in [4.69, 9.17) is 4.74 Å². The van der Waals surface area contributed by atoms with Crippen molar-refractivity contribution in [3.63, 3.8) is 0 Å². The summed E-state index contributed by atoms with van der Waals surface area (Å²) in [6, 6.07) is 11.8. The second kappa shape index (κ2) is 8.79. The second-order valence-corrected chi connectivity index (χ2v) is 7.13. The van der Waals surface area contributed by atoms with E-state index in [0.29, 0.717) is 25.1 Å². The number of non-ortho nitro benzene ring substituents is 1. The molecule has 3 rings (SSSR count). The van der Waals surface area contributed by atoms with Crippen LogP contribution in [0.2, 0.25) is 0 Å². The number of anilines is 1. The molecule has 0 atom stereocenters. The topological polar surface area (TPSA) is 89.8 Å². The average Bonchev–Trinajstić information content (AvgIpc) is 2.69. The Balaban J connectivity index is 1.61. The van der Waals surface area contributed by atoms with E-state index >= 15 is 0 Å². The van der Waals surface area contributed by atoms with E-state index in [9.17, 15) is 19.7 Å². The third kappa shape index (κ3) is 4.83. The van der Waals surface area contributed by atoms with Crippen molar-refractivity contribution < 1.29 is 19.2 Å². The molecule has 0 spiro atoms. The van der Waals surface area contributed by atoms with Crippen LogP contribution in [0.4, 0.5) is 11.4 Å². The predicted molar refractivity (Wildman–Crippen MR) is 108 cm³/mol. The van der Waals surface area contributed by atoms with Gasteiger partial charge in [0.15, 0.2) is 6.61 Å². The molecule has 1 heterocycles. The molecular formula is C20H17BrN2O5. The number of ether oxygens (including phenoxy) is 1. The molecule has 0 saturated heterocycles. The number of fused-ring (bicyclic) bond motifs is 1. The molecule has 1 aliphatic heterocycles. The minimum atomic E-state index is -0.616. The maximum absolute atomic E-state index is 12.5. The Morgan fingerprint density at radius 2 is 2.07 bits per heavy atom. The van der Waals surface area contributed by atoms with Gasteiger partial charge in [0.25, 0.3) is 11.6 Å². The van der Waals surface area contributed by atoms with Gasteiger partial charge in [0.1, 0.15) is 0 Å². The molecule has 0 radical (unpaired) electrons. The molecule has 0 N–H and O–H groups in total. The number of nitrogens with zero attached hydrogens (tertiary/aromatic N) is 2. The molecule has 2 aromatic rings. The first kappa shape index (κ1) is 19.8. The zero-order valence-electron chi connectivity index (χ0n) is 14.8. The van der Waals surface area contributed by atoms with Crippen molar-refractivity contribution in [1.29, 1.82) is 0 Å². The highest BCUT2D eigenvalue weighted by Gasteiger charge is 2.24. The quantitative estimate of drug-likeness (QED) is 0.302. The number of halogens is 1. The number of benzene rings is 2. The van der Waals surface area contributed by atoms with Crippen LogP contribution in [0, 0.1) is 10.1 Å². The number of nitro groups is 1. The Morgan fingerprint density at radius 3 is 2.82 bits per heavy atom. The average molecular weight is 445 g/mol. The first-order valence-electron chi connectivity index (χ1n) is 8.62. The fourth-order valence-electron chi connectivity index (χ4n) is 2.99. The maximum atomic E-state index is 12.5. The van der Waals surface area contributed by atoms with E-state index in [1.54, 1.807) is 12.1 Å². The number of amides is 1. The Hall–Kier alpha value is -3.00. The van der Waals surface area contributed by atoms with Crippen LogP contribution >= 0.6 is 15.9 Å². The SMILES string of the molecule is O=C(/C=C/c1cccc(Br)c1)OCC(=O)N1CCCc2cc([N+](=O)[O-])ccc21. The number of carbonyl (C=O) groups is 2. The van der Waals surface area contributed by atoms with Crippen LogP contribution in [-0.2, 0) is 20.7 Å². The summed E-state index contributed by atoms with van der Waals surface area (Å²) in [6.45, 7) is 0.0904. The zero-order valence-corrected chi connectivity index (χ0v) is 16.4. The lowest BCUT2D eigenvalue weighted by atomic mass is 10.0. The summed E-state index contributed by atoms with van der Waals surface area (Å²) in [4.78, 5) is 36.3. The Kier molecular flexibility index (Phi) is 6.20. The highest BCUT2D eigenvalue weighted by Crippen LogP contribution is 2.30. The van der Waals surface area contributed by atoms with Gasteiger partial charge in [-0.15, -0.1) is 0 Å². The molecule has 0 bridgehead atoms. The van der Waals surface area contributed by atoms with Crippen molar-refractivity contribution in [2.75, 3.05) is 18.1 Å². The van der Waals surface area contributed by atoms with Crippen LogP contribution in [0.15, 0.2) is 53.0 Å². The summed E-state index contributed by atoms with van der Waals surface area (Å²) in [5, 5.41) is 10.9. The molecule has 1 aliphatic rings. The molecule has 2 aromatic carbocycles. The van der Waals surface area contributed by atoms with Crippen LogP contribution in [0.3, 0.4) is 0 Å². The molecule has 0 unspecified atom stereocenters. The number of hydrogen-bond donors (Lipinski definition) is 0. The van der Waals surface area contributed by atoms with Crippen molar-refractivity contribution in [2.24, 2.45) is 0 Å². The van der Waals surface area contributed by atoms with E-state index < -0.39 is 17.5 Å². The van der Waals surface area contributed by atoms with E-state index in [1.165, 1.54) is 23.1 Å². The van der Waals surface area contributed by atoms with Gasteiger partial charge in [-0.2, -0.15) is 0 Å². The standard InChI is InChI=1S/C20H17BrN2O5/c21-16-5-1-3-14(11-16)6-9-20(25)28-13-19(24)22-10-2-4-15-12-17(23(26)27)7-8-18(15)22/h1,3,5-9,11-12H,2,4,10,13H2/b9-6+.